The molecule has 0 saturated carbocycles. The molecule has 0 amide bonds. The molecular formula is C31H26F7N3O3. The molecule has 0 unspecified atom stereocenters. The fourth-order valence-corrected chi connectivity index (χ4v) is 5.25. The third-order valence-electron chi connectivity index (χ3n) is 7.18. The molecule has 1 aliphatic heterocycles. The minimum Gasteiger partial charge on any atom is -0.424 e. The van der Waals surface area contributed by atoms with E-state index in [2.05, 4.69) is 24.3 Å². The van der Waals surface area contributed by atoms with Gasteiger partial charge in [0.2, 0.25) is 0 Å². The smallest absolute Gasteiger partial charge is 0.424 e. The average Bonchev–Trinajstić information content (AvgIpc) is 2.96. The van der Waals surface area contributed by atoms with Gasteiger partial charge in [0.05, 0.1) is 0 Å². The summed E-state index contributed by atoms with van der Waals surface area (Å²) in [7, 11) is 0. The molecule has 6 nitrogen and oxygen atoms in total. The molecule has 0 atom stereocenters. The molecule has 0 bridgehead atoms. The van der Waals surface area contributed by atoms with Crippen LogP contribution >= 0.6 is 0 Å². The monoisotopic (exact) mass is 621 g/mol. The van der Waals surface area contributed by atoms with Gasteiger partial charge in [0.25, 0.3) is 0 Å². The van der Waals surface area contributed by atoms with Crippen LogP contribution in [-0.4, -0.2) is 46.4 Å². The molecule has 1 saturated heterocycles. The molecule has 0 spiro atoms. The molecule has 5 rings (SSSR count). The summed E-state index contributed by atoms with van der Waals surface area (Å²) in [4.78, 5) is 10.1. The van der Waals surface area contributed by atoms with Crippen LogP contribution in [0.5, 0.6) is 23.3 Å². The maximum absolute atomic E-state index is 16.8. The molecule has 1 aliphatic rings. The van der Waals surface area contributed by atoms with E-state index in [0.29, 0.717) is 36.5 Å². The lowest BCUT2D eigenvalue weighted by atomic mass is 9.73. The number of benzene rings is 3. The molecular weight excluding hydrogens is 595 g/mol. The quantitative estimate of drug-likeness (QED) is 0.176. The molecule has 232 valence electrons. The summed E-state index contributed by atoms with van der Waals surface area (Å²) in [6.07, 6.45) is -6.51. The van der Waals surface area contributed by atoms with Crippen LogP contribution in [0.2, 0.25) is 0 Å². The van der Waals surface area contributed by atoms with Gasteiger partial charge in [-0.1, -0.05) is 36.4 Å². The standard InChI is InChI=1S/C31H26F7N3O3/c32-29(14-18-41(19-15-29)20-21-2-8-24(9-3-21)42-28-39-16-1-17-40-28)27(22-4-10-25(11-5-22)43-30(33,34)35)23-6-12-26(13-7-23)44-31(36,37)38/h1-13,16-17,27H,14-15,18-20H2. The number of halogens is 7. The van der Waals surface area contributed by atoms with Crippen molar-refractivity contribution in [2.24, 2.45) is 0 Å². The van der Waals surface area contributed by atoms with Crippen LogP contribution in [0.25, 0.3) is 0 Å². The second-order valence-corrected chi connectivity index (χ2v) is 10.3. The van der Waals surface area contributed by atoms with Crippen molar-refractivity contribution in [2.45, 2.75) is 43.7 Å². The Labute approximate surface area is 248 Å². The Kier molecular flexibility index (Phi) is 8.95. The predicted octanol–water partition coefficient (Wildman–Crippen LogP) is 8.20. The van der Waals surface area contributed by atoms with E-state index in [0.717, 1.165) is 29.8 Å². The number of rotatable bonds is 9. The van der Waals surface area contributed by atoms with Gasteiger partial charge in [0.1, 0.15) is 22.9 Å². The SMILES string of the molecule is FC(F)(F)Oc1ccc(C(c2ccc(OC(F)(F)F)cc2)C2(F)CCN(Cc3ccc(Oc4ncccn4)cc3)CC2)cc1. The fraction of sp³-hybridized carbons (Fsp3) is 0.290. The highest BCUT2D eigenvalue weighted by Crippen LogP contribution is 2.45. The maximum Gasteiger partial charge on any atom is 0.573 e. The summed E-state index contributed by atoms with van der Waals surface area (Å²) in [6.45, 7) is 1.27. The number of ether oxygens (including phenoxy) is 3. The van der Waals surface area contributed by atoms with Crippen LogP contribution in [0.15, 0.2) is 91.3 Å². The Morgan fingerprint density at radius 2 is 1.14 bits per heavy atom. The second kappa shape index (κ2) is 12.7. The molecule has 0 radical (unpaired) electrons. The average molecular weight is 622 g/mol. The van der Waals surface area contributed by atoms with Gasteiger partial charge in [-0.25, -0.2) is 14.4 Å². The van der Waals surface area contributed by atoms with Crippen LogP contribution in [0.3, 0.4) is 0 Å². The number of nitrogens with zero attached hydrogens (tertiary/aromatic N) is 3. The lowest BCUT2D eigenvalue weighted by molar-refractivity contribution is -0.275. The minimum atomic E-state index is -4.90. The van der Waals surface area contributed by atoms with E-state index >= 15 is 4.39 Å². The van der Waals surface area contributed by atoms with Crippen molar-refractivity contribution in [3.63, 3.8) is 0 Å². The van der Waals surface area contributed by atoms with E-state index in [1.165, 1.54) is 24.3 Å². The highest BCUT2D eigenvalue weighted by atomic mass is 19.4. The topological polar surface area (TPSA) is 56.7 Å². The van der Waals surface area contributed by atoms with Gasteiger partial charge in [-0.15, -0.1) is 26.3 Å². The first-order chi connectivity index (χ1) is 20.9. The molecule has 44 heavy (non-hydrogen) atoms. The molecule has 0 N–H and O–H groups in total. The first-order valence-corrected chi connectivity index (χ1v) is 13.5. The molecule has 0 aliphatic carbocycles. The van der Waals surface area contributed by atoms with Crippen molar-refractivity contribution in [3.8, 4) is 23.3 Å². The summed E-state index contributed by atoms with van der Waals surface area (Å²) in [5, 5.41) is 0. The van der Waals surface area contributed by atoms with Crippen molar-refractivity contribution in [1.29, 1.82) is 0 Å². The minimum absolute atomic E-state index is 0.0752. The van der Waals surface area contributed by atoms with Crippen molar-refractivity contribution >= 4 is 0 Å². The molecule has 1 aromatic heterocycles. The number of alkyl halides is 7. The van der Waals surface area contributed by atoms with Crippen molar-refractivity contribution in [2.75, 3.05) is 13.1 Å². The van der Waals surface area contributed by atoms with Crippen molar-refractivity contribution < 1.29 is 44.9 Å². The van der Waals surface area contributed by atoms with Crippen LogP contribution < -0.4 is 14.2 Å². The van der Waals surface area contributed by atoms with Gasteiger partial charge in [0.15, 0.2) is 0 Å². The number of likely N-dealkylation sites (tertiary alicyclic amines) is 1. The molecule has 4 aromatic rings. The maximum atomic E-state index is 16.8. The third-order valence-corrected chi connectivity index (χ3v) is 7.18. The Morgan fingerprint density at radius 3 is 1.59 bits per heavy atom. The van der Waals surface area contributed by atoms with Gasteiger partial charge >= 0.3 is 18.7 Å². The lowest BCUT2D eigenvalue weighted by Gasteiger charge is -2.41. The number of aromatic nitrogens is 2. The van der Waals surface area contributed by atoms with Crippen molar-refractivity contribution in [3.05, 3.63) is 108 Å². The lowest BCUT2D eigenvalue weighted by Crippen LogP contribution is -2.45. The summed E-state index contributed by atoms with van der Waals surface area (Å²) < 4.78 is 106. The zero-order chi connectivity index (χ0) is 31.4. The van der Waals surface area contributed by atoms with E-state index < -0.39 is 35.8 Å². The van der Waals surface area contributed by atoms with E-state index in [9.17, 15) is 26.3 Å². The number of piperidine rings is 1. The Hall–Kier alpha value is -4.39. The van der Waals surface area contributed by atoms with Gasteiger partial charge < -0.3 is 14.2 Å². The summed E-state index contributed by atoms with van der Waals surface area (Å²) in [5.74, 6) is -1.35. The van der Waals surface area contributed by atoms with Crippen LogP contribution in [0.1, 0.15) is 35.4 Å². The zero-order valence-electron chi connectivity index (χ0n) is 23.0. The molecule has 1 fully saturated rings. The normalized spacial score (nSPS) is 15.6. The van der Waals surface area contributed by atoms with Crippen LogP contribution in [-0.2, 0) is 6.54 Å². The summed E-state index contributed by atoms with van der Waals surface area (Å²) >= 11 is 0. The van der Waals surface area contributed by atoms with Gasteiger partial charge in [-0.2, -0.15) is 0 Å². The van der Waals surface area contributed by atoms with Crippen LogP contribution in [0.4, 0.5) is 30.7 Å². The van der Waals surface area contributed by atoms with Gasteiger partial charge in [0, 0.05) is 37.9 Å². The zero-order valence-corrected chi connectivity index (χ0v) is 23.0. The molecule has 2 heterocycles. The summed E-state index contributed by atoms with van der Waals surface area (Å²) in [5.41, 5.74) is -0.159. The van der Waals surface area contributed by atoms with Gasteiger partial charge in [-0.05, 0) is 72.0 Å². The van der Waals surface area contributed by atoms with Crippen molar-refractivity contribution in [1.82, 2.24) is 14.9 Å². The fourth-order valence-electron chi connectivity index (χ4n) is 5.25. The third kappa shape index (κ3) is 8.37. The summed E-state index contributed by atoms with van der Waals surface area (Å²) in [6, 6.07) is 18.9. The number of hydrogen-bond acceptors (Lipinski definition) is 6. The Morgan fingerprint density at radius 1 is 0.682 bits per heavy atom. The van der Waals surface area contributed by atoms with Crippen LogP contribution in [0, 0.1) is 0 Å². The Balaban J connectivity index is 1.30. The Bertz CT molecular complexity index is 1430. The first-order valence-electron chi connectivity index (χ1n) is 13.5. The molecule has 13 heteroatoms. The highest BCUT2D eigenvalue weighted by Gasteiger charge is 2.44. The van der Waals surface area contributed by atoms with Gasteiger partial charge in [-0.3, -0.25) is 4.90 Å². The predicted molar refractivity (Wildman–Crippen MR) is 145 cm³/mol. The molecule has 3 aromatic carbocycles. The van der Waals surface area contributed by atoms with E-state index in [1.54, 1.807) is 30.6 Å². The largest absolute Gasteiger partial charge is 0.573 e. The number of hydrogen-bond donors (Lipinski definition) is 0. The van der Waals surface area contributed by atoms with E-state index in [1.807, 2.05) is 12.1 Å². The van der Waals surface area contributed by atoms with E-state index in [4.69, 9.17) is 4.74 Å². The highest BCUT2D eigenvalue weighted by molar-refractivity contribution is 5.41. The second-order valence-electron chi connectivity index (χ2n) is 10.3. The first kappa shape index (κ1) is 31.0. The van der Waals surface area contributed by atoms with E-state index in [-0.39, 0.29) is 18.9 Å².